The zero-order valence-corrected chi connectivity index (χ0v) is 7.38. The predicted molar refractivity (Wildman–Crippen MR) is 51.8 cm³/mol. The van der Waals surface area contributed by atoms with Gasteiger partial charge in [0.15, 0.2) is 0 Å². The topological polar surface area (TPSA) is 20.2 Å². The molecule has 0 bridgehead atoms. The molecule has 0 saturated carbocycles. The quantitative estimate of drug-likeness (QED) is 0.723. The number of aliphatic hydroxyl groups is 1. The fourth-order valence-corrected chi connectivity index (χ4v) is 1.43. The highest BCUT2D eigenvalue weighted by Crippen LogP contribution is 2.16. The van der Waals surface area contributed by atoms with E-state index in [2.05, 4.69) is 13.5 Å². The summed E-state index contributed by atoms with van der Waals surface area (Å²) in [5, 5.41) is 9.04. The summed E-state index contributed by atoms with van der Waals surface area (Å²) in [6.45, 7) is 5.93. The molecule has 0 radical (unpaired) electrons. The van der Waals surface area contributed by atoms with Gasteiger partial charge in [0.2, 0.25) is 0 Å². The molecular formula is C11H14O. The molecular weight excluding hydrogens is 148 g/mol. The van der Waals surface area contributed by atoms with E-state index in [4.69, 9.17) is 5.11 Å². The molecule has 1 nitrogen and oxygen atoms in total. The summed E-state index contributed by atoms with van der Waals surface area (Å²) in [5.74, 6) is 0. The molecule has 1 aromatic carbocycles. The van der Waals surface area contributed by atoms with E-state index in [0.717, 1.165) is 17.5 Å². The second-order valence-electron chi connectivity index (χ2n) is 2.70. The summed E-state index contributed by atoms with van der Waals surface area (Å²) in [5.41, 5.74) is 3.34. The Balaban J connectivity index is 3.21. The SMILES string of the molecule is C=Cc1cccc(CO)c1CC. The van der Waals surface area contributed by atoms with Gasteiger partial charge in [-0.25, -0.2) is 0 Å². The van der Waals surface area contributed by atoms with E-state index >= 15 is 0 Å². The maximum absolute atomic E-state index is 9.04. The van der Waals surface area contributed by atoms with Crippen LogP contribution in [0.1, 0.15) is 23.6 Å². The fraction of sp³-hybridized carbons (Fsp3) is 0.273. The predicted octanol–water partition coefficient (Wildman–Crippen LogP) is 2.38. The number of aliphatic hydroxyl groups excluding tert-OH is 1. The van der Waals surface area contributed by atoms with Crippen LogP contribution in [0.3, 0.4) is 0 Å². The molecule has 0 aromatic heterocycles. The van der Waals surface area contributed by atoms with Crippen molar-refractivity contribution in [3.8, 4) is 0 Å². The average molecular weight is 162 g/mol. The van der Waals surface area contributed by atoms with Gasteiger partial charge in [-0.3, -0.25) is 0 Å². The van der Waals surface area contributed by atoms with E-state index in [0.29, 0.717) is 0 Å². The van der Waals surface area contributed by atoms with Crippen LogP contribution in [0.4, 0.5) is 0 Å². The van der Waals surface area contributed by atoms with Crippen LogP contribution >= 0.6 is 0 Å². The van der Waals surface area contributed by atoms with Crippen molar-refractivity contribution in [3.05, 3.63) is 41.5 Å². The molecule has 1 N–H and O–H groups in total. The summed E-state index contributed by atoms with van der Waals surface area (Å²) in [7, 11) is 0. The molecule has 0 aliphatic carbocycles. The molecule has 64 valence electrons. The minimum absolute atomic E-state index is 0.116. The van der Waals surface area contributed by atoms with E-state index in [9.17, 15) is 0 Å². The Labute approximate surface area is 73.4 Å². The first-order valence-corrected chi connectivity index (χ1v) is 4.17. The van der Waals surface area contributed by atoms with E-state index in [1.807, 2.05) is 24.3 Å². The van der Waals surface area contributed by atoms with Gasteiger partial charge in [0.1, 0.15) is 0 Å². The van der Waals surface area contributed by atoms with Gasteiger partial charge in [-0.15, -0.1) is 0 Å². The minimum Gasteiger partial charge on any atom is -0.392 e. The first-order chi connectivity index (χ1) is 5.83. The molecule has 0 saturated heterocycles. The summed E-state index contributed by atoms with van der Waals surface area (Å²) >= 11 is 0. The summed E-state index contributed by atoms with van der Waals surface area (Å²) in [6, 6.07) is 5.92. The monoisotopic (exact) mass is 162 g/mol. The zero-order valence-electron chi connectivity index (χ0n) is 7.38. The molecule has 1 heteroatoms. The summed E-state index contributed by atoms with van der Waals surface area (Å²) in [4.78, 5) is 0. The Bertz CT molecular complexity index is 276. The Morgan fingerprint density at radius 1 is 1.50 bits per heavy atom. The molecule has 0 atom stereocenters. The number of hydrogen-bond donors (Lipinski definition) is 1. The second-order valence-corrected chi connectivity index (χ2v) is 2.70. The van der Waals surface area contributed by atoms with Crippen molar-refractivity contribution in [2.75, 3.05) is 0 Å². The first-order valence-electron chi connectivity index (χ1n) is 4.17. The van der Waals surface area contributed by atoms with E-state index in [1.165, 1.54) is 5.56 Å². The van der Waals surface area contributed by atoms with Crippen LogP contribution in [0.25, 0.3) is 6.08 Å². The van der Waals surface area contributed by atoms with Gasteiger partial charge in [-0.2, -0.15) is 0 Å². The van der Waals surface area contributed by atoms with Crippen LogP contribution < -0.4 is 0 Å². The van der Waals surface area contributed by atoms with Crippen LogP contribution in [0, 0.1) is 0 Å². The Morgan fingerprint density at radius 3 is 2.75 bits per heavy atom. The van der Waals surface area contributed by atoms with Gasteiger partial charge >= 0.3 is 0 Å². The molecule has 0 unspecified atom stereocenters. The number of hydrogen-bond acceptors (Lipinski definition) is 1. The average Bonchev–Trinajstić information content (AvgIpc) is 2.16. The molecule has 0 spiro atoms. The summed E-state index contributed by atoms with van der Waals surface area (Å²) < 4.78 is 0. The molecule has 0 aliphatic rings. The molecule has 0 heterocycles. The van der Waals surface area contributed by atoms with Gasteiger partial charge in [0.05, 0.1) is 6.61 Å². The molecule has 0 amide bonds. The lowest BCUT2D eigenvalue weighted by Crippen LogP contribution is -1.94. The van der Waals surface area contributed by atoms with E-state index in [1.54, 1.807) is 0 Å². The highest BCUT2D eigenvalue weighted by molar-refractivity contribution is 5.54. The lowest BCUT2D eigenvalue weighted by Gasteiger charge is -2.07. The molecule has 12 heavy (non-hydrogen) atoms. The van der Waals surface area contributed by atoms with Crippen LogP contribution in [0.15, 0.2) is 24.8 Å². The first kappa shape index (κ1) is 9.01. The van der Waals surface area contributed by atoms with Gasteiger partial charge in [-0.1, -0.05) is 37.8 Å². The third kappa shape index (κ3) is 1.56. The second kappa shape index (κ2) is 4.07. The van der Waals surface area contributed by atoms with Crippen LogP contribution in [-0.2, 0) is 13.0 Å². The number of benzene rings is 1. The maximum Gasteiger partial charge on any atom is 0.0684 e. The fourth-order valence-electron chi connectivity index (χ4n) is 1.43. The number of rotatable bonds is 3. The third-order valence-corrected chi connectivity index (χ3v) is 2.05. The normalized spacial score (nSPS) is 9.83. The Morgan fingerprint density at radius 2 is 2.25 bits per heavy atom. The van der Waals surface area contributed by atoms with Crippen molar-refractivity contribution < 1.29 is 5.11 Å². The molecule has 0 aliphatic heterocycles. The molecule has 1 aromatic rings. The van der Waals surface area contributed by atoms with Gasteiger partial charge < -0.3 is 5.11 Å². The van der Waals surface area contributed by atoms with Crippen molar-refractivity contribution in [1.82, 2.24) is 0 Å². The van der Waals surface area contributed by atoms with Crippen molar-refractivity contribution in [2.45, 2.75) is 20.0 Å². The van der Waals surface area contributed by atoms with Crippen LogP contribution in [0.5, 0.6) is 0 Å². The van der Waals surface area contributed by atoms with Crippen molar-refractivity contribution in [3.63, 3.8) is 0 Å². The smallest absolute Gasteiger partial charge is 0.0684 e. The van der Waals surface area contributed by atoms with Gasteiger partial charge in [0, 0.05) is 0 Å². The zero-order chi connectivity index (χ0) is 8.97. The third-order valence-electron chi connectivity index (χ3n) is 2.05. The highest BCUT2D eigenvalue weighted by Gasteiger charge is 2.01. The highest BCUT2D eigenvalue weighted by atomic mass is 16.3. The lowest BCUT2D eigenvalue weighted by atomic mass is 9.99. The largest absolute Gasteiger partial charge is 0.392 e. The van der Waals surface area contributed by atoms with Crippen molar-refractivity contribution >= 4 is 6.08 Å². The molecule has 0 fully saturated rings. The standard InChI is InChI=1S/C11H14O/c1-3-9-6-5-7-10(8-12)11(9)4-2/h3,5-7,12H,1,4,8H2,2H3. The minimum atomic E-state index is 0.116. The summed E-state index contributed by atoms with van der Waals surface area (Å²) in [6.07, 6.45) is 2.77. The Hall–Kier alpha value is -1.08. The molecule has 1 rings (SSSR count). The van der Waals surface area contributed by atoms with Crippen LogP contribution in [0.2, 0.25) is 0 Å². The van der Waals surface area contributed by atoms with Crippen molar-refractivity contribution in [2.24, 2.45) is 0 Å². The van der Waals surface area contributed by atoms with Gasteiger partial charge in [-0.05, 0) is 23.1 Å². The van der Waals surface area contributed by atoms with E-state index in [-0.39, 0.29) is 6.61 Å². The van der Waals surface area contributed by atoms with Gasteiger partial charge in [0.25, 0.3) is 0 Å². The Kier molecular flexibility index (Phi) is 3.06. The van der Waals surface area contributed by atoms with E-state index < -0.39 is 0 Å². The van der Waals surface area contributed by atoms with Crippen molar-refractivity contribution in [1.29, 1.82) is 0 Å². The van der Waals surface area contributed by atoms with Crippen LogP contribution in [-0.4, -0.2) is 5.11 Å². The lowest BCUT2D eigenvalue weighted by molar-refractivity contribution is 0.280. The maximum atomic E-state index is 9.04.